The number of aliphatic hydroxyl groups excluding tert-OH is 2. The number of carbonyl (C=O) groups excluding carboxylic acids is 2. The third-order valence-electron chi connectivity index (χ3n) is 14.3. The summed E-state index contributed by atoms with van der Waals surface area (Å²) in [6.45, 7) is 11.8. The monoisotopic (exact) mass is 775 g/mol. The third-order valence-corrected chi connectivity index (χ3v) is 14.3. The van der Waals surface area contributed by atoms with Crippen LogP contribution in [0.1, 0.15) is 107 Å². The minimum absolute atomic E-state index is 0.318. The van der Waals surface area contributed by atoms with Crippen LogP contribution < -0.4 is 0 Å². The molecule has 8 rings (SSSR count). The van der Waals surface area contributed by atoms with E-state index in [2.05, 4.69) is 0 Å². The molecule has 6 fully saturated rings. The molecule has 0 aromatic rings. The largest absolute Gasteiger partial charge is 0.536 e. The molecule has 0 unspecified atom stereocenters. The van der Waals surface area contributed by atoms with Gasteiger partial charge < -0.3 is 57.3 Å². The molecule has 6 saturated heterocycles. The molecule has 0 aromatic heterocycles. The van der Waals surface area contributed by atoms with Gasteiger partial charge in [0.1, 0.15) is 12.2 Å². The smallest absolute Gasteiger partial charge is 0.504 e. The van der Waals surface area contributed by atoms with Crippen molar-refractivity contribution in [1.29, 1.82) is 0 Å². The van der Waals surface area contributed by atoms with E-state index in [9.17, 15) is 19.8 Å². The molecule has 16 atom stereocenters. The Morgan fingerprint density at radius 2 is 1.04 bits per heavy atom. The van der Waals surface area contributed by atoms with E-state index in [0.29, 0.717) is 51.4 Å². The average molecular weight is 776 g/mol. The molecule has 8 aliphatic rings. The minimum atomic E-state index is -3.42. The van der Waals surface area contributed by atoms with Crippen molar-refractivity contribution < 1.29 is 66.8 Å². The van der Waals surface area contributed by atoms with Crippen LogP contribution >= 0.6 is 0 Å². The fourth-order valence-corrected chi connectivity index (χ4v) is 10.1. The number of rotatable bonds is 0. The molecule has 15 heteroatoms. The summed E-state index contributed by atoms with van der Waals surface area (Å²) >= 11 is 0. The van der Waals surface area contributed by atoms with Crippen LogP contribution in [0.15, 0.2) is 24.3 Å². The highest BCUT2D eigenvalue weighted by Crippen LogP contribution is 2.57. The Balaban J connectivity index is 1.27. The Kier molecular flexibility index (Phi) is 10.2. The predicted molar refractivity (Wildman–Crippen MR) is 194 cm³/mol. The first kappa shape index (κ1) is 39.9. The Morgan fingerprint density at radius 3 is 1.44 bits per heavy atom. The predicted octanol–water partition coefficient (Wildman–Crippen LogP) is 4.15. The molecule has 55 heavy (non-hydrogen) atoms. The molecule has 0 radical (unpaired) electrons. The van der Waals surface area contributed by atoms with Crippen molar-refractivity contribution in [2.45, 2.75) is 192 Å². The number of ether oxygens (including phenoxy) is 6. The Morgan fingerprint density at radius 1 is 0.636 bits per heavy atom. The fourth-order valence-electron chi connectivity index (χ4n) is 10.1. The summed E-state index contributed by atoms with van der Waals surface area (Å²) in [6.07, 6.45) is 2.49. The molecule has 8 aliphatic heterocycles. The summed E-state index contributed by atoms with van der Waals surface area (Å²) < 4.78 is 65.8. The summed E-state index contributed by atoms with van der Waals surface area (Å²) in [7, 11) is 0. The molecule has 0 aromatic carbocycles. The average Bonchev–Trinajstić information content (AvgIpc) is 3.84. The molecule has 0 aliphatic carbocycles. The number of carbonyl (C=O) groups is 2. The van der Waals surface area contributed by atoms with Gasteiger partial charge in [-0.25, -0.2) is 9.59 Å². The standard InChI is InChI=1S/C40H60BO14/c1-21-15-17-31-37(5,6)29(42)13-9-11-26-20-28(24(4)47-26)49-36(45)34-40-22(2)16-18-32(51-40)38(7,8)30(43)14-10-12-25-19-27(23(3)46-25)48-35(44)33-39(21,50-31)54-41(52-33,53-34)55-40/h9-12,21-34,42-43H,13-20H2,1-8H3/q-1/b11-9+,12-10+/t21-,22-,23-,24-,25-,26-,27+,28+,29-,30-,31+,32+,33+,34+,39+,40+,41?/m1/s1. The van der Waals surface area contributed by atoms with Crippen molar-refractivity contribution in [3.05, 3.63) is 24.3 Å². The van der Waals surface area contributed by atoms with Gasteiger partial charge in [-0.05, 0) is 52.4 Å². The lowest BCUT2D eigenvalue weighted by Crippen LogP contribution is -2.61. The highest BCUT2D eigenvalue weighted by molar-refractivity contribution is 6.56. The van der Waals surface area contributed by atoms with Crippen molar-refractivity contribution in [3.8, 4) is 0 Å². The summed E-state index contributed by atoms with van der Waals surface area (Å²) in [5.41, 5.74) is -1.64. The van der Waals surface area contributed by atoms with Crippen LogP contribution in [0.3, 0.4) is 0 Å². The van der Waals surface area contributed by atoms with E-state index in [-0.39, 0.29) is 12.2 Å². The van der Waals surface area contributed by atoms with Crippen molar-refractivity contribution in [2.24, 2.45) is 22.7 Å². The highest BCUT2D eigenvalue weighted by atomic mass is 17.0. The quantitative estimate of drug-likeness (QED) is 0.205. The van der Waals surface area contributed by atoms with Gasteiger partial charge in [-0.15, -0.1) is 0 Å². The molecule has 0 saturated carbocycles. The van der Waals surface area contributed by atoms with Gasteiger partial charge >= 0.3 is 18.9 Å². The van der Waals surface area contributed by atoms with Gasteiger partial charge in [0, 0.05) is 35.5 Å². The van der Waals surface area contributed by atoms with E-state index in [4.69, 9.17) is 47.0 Å². The van der Waals surface area contributed by atoms with Crippen molar-refractivity contribution in [2.75, 3.05) is 0 Å². The first-order valence-corrected chi connectivity index (χ1v) is 20.5. The van der Waals surface area contributed by atoms with E-state index in [1.807, 2.05) is 79.7 Å². The molecule has 14 nitrogen and oxygen atoms in total. The molecular formula is C40H60BO14-. The summed E-state index contributed by atoms with van der Waals surface area (Å²) in [4.78, 5) is 29.2. The van der Waals surface area contributed by atoms with Crippen LogP contribution in [-0.4, -0.2) is 114 Å². The summed E-state index contributed by atoms with van der Waals surface area (Å²) in [5.74, 6) is -6.02. The van der Waals surface area contributed by atoms with Crippen LogP contribution in [0, 0.1) is 22.7 Å². The van der Waals surface area contributed by atoms with Crippen LogP contribution in [0.4, 0.5) is 0 Å². The zero-order valence-corrected chi connectivity index (χ0v) is 33.4. The summed E-state index contributed by atoms with van der Waals surface area (Å²) in [5, 5.41) is 23.3. The Hall–Kier alpha value is -1.92. The van der Waals surface area contributed by atoms with Gasteiger partial charge in [-0.3, -0.25) is 0 Å². The lowest BCUT2D eigenvalue weighted by atomic mass is 9.73. The molecule has 0 amide bonds. The van der Waals surface area contributed by atoms with Gasteiger partial charge in [0.05, 0.1) is 48.8 Å². The zero-order chi connectivity index (χ0) is 39.3. The summed E-state index contributed by atoms with van der Waals surface area (Å²) in [6, 6.07) is 0. The van der Waals surface area contributed by atoms with Crippen LogP contribution in [0.5, 0.6) is 0 Å². The number of hydrogen-bond donors (Lipinski definition) is 2. The molecule has 8 heterocycles. The molecule has 2 N–H and O–H groups in total. The normalized spacial score (nSPS) is 53.3. The van der Waals surface area contributed by atoms with Gasteiger partial charge in [0.15, 0.2) is 23.8 Å². The second-order valence-corrected chi connectivity index (χ2v) is 18.6. The second-order valence-electron chi connectivity index (χ2n) is 18.6. The van der Waals surface area contributed by atoms with E-state index in [1.165, 1.54) is 0 Å². The lowest BCUT2D eigenvalue weighted by Gasteiger charge is -2.52. The van der Waals surface area contributed by atoms with Gasteiger partial charge in [0.2, 0.25) is 0 Å². The fraction of sp³-hybridized carbons (Fsp3) is 0.850. The SMILES string of the molecule is C[C@@H]1CC[C@@H]2O[C@]13O[B-]14O[C@H]3C(=O)O[C@H]3C[C@@H](/C=C/C[C@@H](O)C(C)(C)[C@@H]5CC[C@@H](C)[C@](O5)(O1)[C@@H](O4)C(=O)O[C@H]1C[C@@H](/C=C/C[C@@H](O)C2(C)C)O[C@@H]1C)O[C@@H]3C. The lowest BCUT2D eigenvalue weighted by molar-refractivity contribution is -0.310. The number of fused-ring (bicyclic) bond motifs is 8. The maximum absolute atomic E-state index is 14.6. The maximum atomic E-state index is 14.6. The first-order chi connectivity index (χ1) is 25.9. The van der Waals surface area contributed by atoms with Gasteiger partial charge in [-0.2, -0.15) is 0 Å². The number of aliphatic hydroxyl groups is 2. The Labute approximate surface area is 323 Å². The van der Waals surface area contributed by atoms with E-state index in [0.717, 1.165) is 0 Å². The van der Waals surface area contributed by atoms with Crippen LogP contribution in [-0.2, 0) is 56.6 Å². The second kappa shape index (κ2) is 14.1. The highest BCUT2D eigenvalue weighted by Gasteiger charge is 2.73. The first-order valence-electron chi connectivity index (χ1n) is 20.5. The van der Waals surface area contributed by atoms with Crippen LogP contribution in [0.25, 0.3) is 0 Å². The number of hydrogen-bond acceptors (Lipinski definition) is 14. The van der Waals surface area contributed by atoms with E-state index >= 15 is 0 Å². The zero-order valence-electron chi connectivity index (χ0n) is 33.4. The number of esters is 2. The van der Waals surface area contributed by atoms with Gasteiger partial charge in [-0.1, -0.05) is 65.8 Å². The Bertz CT molecular complexity index is 1440. The van der Waals surface area contributed by atoms with E-state index < -0.39 is 114 Å². The van der Waals surface area contributed by atoms with Crippen molar-refractivity contribution >= 4 is 18.9 Å². The minimum Gasteiger partial charge on any atom is -0.504 e. The van der Waals surface area contributed by atoms with Crippen molar-refractivity contribution in [3.63, 3.8) is 0 Å². The van der Waals surface area contributed by atoms with E-state index in [1.54, 1.807) is 0 Å². The van der Waals surface area contributed by atoms with Gasteiger partial charge in [0.25, 0.3) is 0 Å². The van der Waals surface area contributed by atoms with Crippen LogP contribution in [0.2, 0.25) is 0 Å². The molecule has 11 bridgehead atoms. The molecular weight excluding hydrogens is 715 g/mol. The maximum Gasteiger partial charge on any atom is 0.536 e. The van der Waals surface area contributed by atoms with Crippen molar-refractivity contribution in [1.82, 2.24) is 0 Å². The topological polar surface area (TPSA) is 167 Å². The molecule has 3 spiro atoms. The molecule has 308 valence electrons. The third kappa shape index (κ3) is 6.66.